The predicted octanol–water partition coefficient (Wildman–Crippen LogP) is 3.64. The molecule has 15 heavy (non-hydrogen) atoms. The SMILES string of the molecule is CC(C)CC1CCCC2(C1)NCC(C)S2. The van der Waals surface area contributed by atoms with Crippen LogP contribution in [0.3, 0.4) is 0 Å². The fraction of sp³-hybridized carbons (Fsp3) is 1.00. The molecular formula is C13H25NS. The van der Waals surface area contributed by atoms with Crippen LogP contribution in [0.25, 0.3) is 0 Å². The third-order valence-corrected chi connectivity index (χ3v) is 5.29. The van der Waals surface area contributed by atoms with Gasteiger partial charge in [-0.1, -0.05) is 33.6 Å². The van der Waals surface area contributed by atoms with Crippen LogP contribution in [0.5, 0.6) is 0 Å². The highest BCUT2D eigenvalue weighted by Crippen LogP contribution is 2.46. The fourth-order valence-electron chi connectivity index (χ4n) is 3.28. The van der Waals surface area contributed by atoms with Gasteiger partial charge >= 0.3 is 0 Å². The van der Waals surface area contributed by atoms with E-state index in [1.54, 1.807) is 0 Å². The number of hydrogen-bond acceptors (Lipinski definition) is 2. The van der Waals surface area contributed by atoms with Crippen LogP contribution < -0.4 is 5.32 Å². The van der Waals surface area contributed by atoms with E-state index in [4.69, 9.17) is 0 Å². The quantitative estimate of drug-likeness (QED) is 0.773. The molecule has 2 fully saturated rings. The largest absolute Gasteiger partial charge is 0.302 e. The smallest absolute Gasteiger partial charge is 0.0651 e. The van der Waals surface area contributed by atoms with Gasteiger partial charge in [0.25, 0.3) is 0 Å². The Kier molecular flexibility index (Phi) is 3.67. The van der Waals surface area contributed by atoms with Crippen molar-refractivity contribution >= 4 is 11.8 Å². The van der Waals surface area contributed by atoms with Gasteiger partial charge in [-0.3, -0.25) is 0 Å². The molecular weight excluding hydrogens is 202 g/mol. The van der Waals surface area contributed by atoms with Crippen molar-refractivity contribution in [3.63, 3.8) is 0 Å². The first kappa shape index (κ1) is 11.8. The Morgan fingerprint density at radius 3 is 2.87 bits per heavy atom. The maximum absolute atomic E-state index is 3.79. The molecule has 0 bridgehead atoms. The fourth-order valence-corrected chi connectivity index (χ4v) is 4.98. The van der Waals surface area contributed by atoms with E-state index in [1.165, 1.54) is 38.6 Å². The molecule has 88 valence electrons. The highest BCUT2D eigenvalue weighted by molar-refractivity contribution is 8.01. The highest BCUT2D eigenvalue weighted by Gasteiger charge is 2.41. The zero-order valence-corrected chi connectivity index (χ0v) is 11.2. The van der Waals surface area contributed by atoms with E-state index in [0.29, 0.717) is 4.87 Å². The maximum Gasteiger partial charge on any atom is 0.0651 e. The first-order valence-electron chi connectivity index (χ1n) is 6.52. The third-order valence-electron chi connectivity index (χ3n) is 3.75. The van der Waals surface area contributed by atoms with E-state index in [2.05, 4.69) is 37.8 Å². The van der Waals surface area contributed by atoms with Gasteiger partial charge < -0.3 is 5.32 Å². The topological polar surface area (TPSA) is 12.0 Å². The summed E-state index contributed by atoms with van der Waals surface area (Å²) in [4.78, 5) is 0.469. The molecule has 1 saturated heterocycles. The van der Waals surface area contributed by atoms with Gasteiger partial charge in [0.1, 0.15) is 0 Å². The summed E-state index contributed by atoms with van der Waals surface area (Å²) in [6, 6.07) is 0. The van der Waals surface area contributed by atoms with Gasteiger partial charge in [0, 0.05) is 11.8 Å². The van der Waals surface area contributed by atoms with Gasteiger partial charge in [0.15, 0.2) is 0 Å². The lowest BCUT2D eigenvalue weighted by Crippen LogP contribution is -2.41. The lowest BCUT2D eigenvalue weighted by molar-refractivity contribution is 0.239. The minimum atomic E-state index is 0.469. The Morgan fingerprint density at radius 1 is 1.47 bits per heavy atom. The summed E-state index contributed by atoms with van der Waals surface area (Å²) >= 11 is 2.21. The minimum Gasteiger partial charge on any atom is -0.302 e. The molecule has 1 heterocycles. The van der Waals surface area contributed by atoms with E-state index in [-0.39, 0.29) is 0 Å². The standard InChI is InChI=1S/C13H25NS/c1-10(2)7-12-5-4-6-13(8-12)14-9-11(3)15-13/h10-12,14H,4-9H2,1-3H3. The Balaban J connectivity index is 1.92. The molecule has 0 aromatic heterocycles. The third kappa shape index (κ3) is 2.91. The van der Waals surface area contributed by atoms with E-state index in [0.717, 1.165) is 17.1 Å². The van der Waals surface area contributed by atoms with Crippen LogP contribution in [0.2, 0.25) is 0 Å². The summed E-state index contributed by atoms with van der Waals surface area (Å²) in [5.41, 5.74) is 0. The van der Waals surface area contributed by atoms with E-state index >= 15 is 0 Å². The molecule has 2 rings (SSSR count). The lowest BCUT2D eigenvalue weighted by Gasteiger charge is -2.38. The van der Waals surface area contributed by atoms with Crippen LogP contribution >= 0.6 is 11.8 Å². The second-order valence-corrected chi connectivity index (χ2v) is 7.72. The summed E-state index contributed by atoms with van der Waals surface area (Å²) < 4.78 is 0. The average molecular weight is 227 g/mol. The van der Waals surface area contributed by atoms with Crippen LogP contribution in [-0.4, -0.2) is 16.7 Å². The van der Waals surface area contributed by atoms with Crippen molar-refractivity contribution in [3.05, 3.63) is 0 Å². The lowest BCUT2D eigenvalue weighted by atomic mass is 9.80. The van der Waals surface area contributed by atoms with Gasteiger partial charge in [-0.2, -0.15) is 0 Å². The molecule has 0 amide bonds. The molecule has 1 N–H and O–H groups in total. The molecule has 1 saturated carbocycles. The number of hydrogen-bond donors (Lipinski definition) is 1. The molecule has 0 aromatic rings. The molecule has 3 atom stereocenters. The first-order chi connectivity index (χ1) is 7.10. The van der Waals surface area contributed by atoms with Crippen molar-refractivity contribution in [2.45, 2.75) is 63.0 Å². The van der Waals surface area contributed by atoms with Crippen molar-refractivity contribution in [2.75, 3.05) is 6.54 Å². The molecule has 3 unspecified atom stereocenters. The minimum absolute atomic E-state index is 0.469. The molecule has 2 heteroatoms. The Hall–Kier alpha value is 0.310. The zero-order chi connectivity index (χ0) is 10.9. The van der Waals surface area contributed by atoms with E-state index in [1.807, 2.05) is 0 Å². The first-order valence-corrected chi connectivity index (χ1v) is 7.40. The summed E-state index contributed by atoms with van der Waals surface area (Å²) in [5.74, 6) is 1.85. The van der Waals surface area contributed by atoms with Crippen LogP contribution in [-0.2, 0) is 0 Å². The molecule has 1 aliphatic carbocycles. The second kappa shape index (κ2) is 4.67. The molecule has 0 aromatic carbocycles. The normalized spacial score (nSPS) is 41.6. The van der Waals surface area contributed by atoms with Crippen molar-refractivity contribution in [1.82, 2.24) is 5.32 Å². The zero-order valence-electron chi connectivity index (χ0n) is 10.4. The summed E-state index contributed by atoms with van der Waals surface area (Å²) in [6.45, 7) is 8.30. The predicted molar refractivity (Wildman–Crippen MR) is 69.2 cm³/mol. The summed E-state index contributed by atoms with van der Waals surface area (Å²) in [5, 5.41) is 4.61. The number of thioether (sulfide) groups is 1. The molecule has 1 spiro atoms. The monoisotopic (exact) mass is 227 g/mol. The van der Waals surface area contributed by atoms with Gasteiger partial charge in [-0.05, 0) is 31.1 Å². The van der Waals surface area contributed by atoms with Crippen LogP contribution in [0.15, 0.2) is 0 Å². The van der Waals surface area contributed by atoms with Crippen molar-refractivity contribution in [2.24, 2.45) is 11.8 Å². The van der Waals surface area contributed by atoms with Gasteiger partial charge in [0.05, 0.1) is 4.87 Å². The number of nitrogens with one attached hydrogen (secondary N) is 1. The Labute approximate surface area is 98.8 Å². The highest BCUT2D eigenvalue weighted by atomic mass is 32.2. The van der Waals surface area contributed by atoms with E-state index in [9.17, 15) is 0 Å². The molecule has 0 radical (unpaired) electrons. The van der Waals surface area contributed by atoms with Crippen molar-refractivity contribution < 1.29 is 0 Å². The van der Waals surface area contributed by atoms with Gasteiger partial charge in [-0.25, -0.2) is 0 Å². The molecule has 1 aliphatic heterocycles. The number of rotatable bonds is 2. The Bertz CT molecular complexity index is 213. The van der Waals surface area contributed by atoms with Crippen LogP contribution in [0.4, 0.5) is 0 Å². The van der Waals surface area contributed by atoms with Crippen molar-refractivity contribution in [1.29, 1.82) is 0 Å². The van der Waals surface area contributed by atoms with Gasteiger partial charge in [-0.15, -0.1) is 11.8 Å². The molecule has 1 nitrogen and oxygen atoms in total. The van der Waals surface area contributed by atoms with Gasteiger partial charge in [0.2, 0.25) is 0 Å². The summed E-state index contributed by atoms with van der Waals surface area (Å²) in [7, 11) is 0. The molecule has 2 aliphatic rings. The average Bonchev–Trinajstić information content (AvgIpc) is 2.46. The Morgan fingerprint density at radius 2 is 2.27 bits per heavy atom. The van der Waals surface area contributed by atoms with E-state index < -0.39 is 0 Å². The summed E-state index contributed by atoms with van der Waals surface area (Å²) in [6.07, 6.45) is 7.15. The maximum atomic E-state index is 3.79. The second-order valence-electron chi connectivity index (χ2n) is 5.90. The van der Waals surface area contributed by atoms with Crippen LogP contribution in [0, 0.1) is 11.8 Å². The van der Waals surface area contributed by atoms with Crippen LogP contribution in [0.1, 0.15) is 52.9 Å². The van der Waals surface area contributed by atoms with Crippen molar-refractivity contribution in [3.8, 4) is 0 Å².